The molecule has 20 heavy (non-hydrogen) atoms. The Morgan fingerprint density at radius 2 is 1.85 bits per heavy atom. The fraction of sp³-hybridized carbons (Fsp3) is 0. The van der Waals surface area contributed by atoms with Gasteiger partial charge in [0.05, 0.1) is 11.3 Å². The Balaban J connectivity index is 2.01. The number of para-hydroxylation sites is 1. The van der Waals surface area contributed by atoms with Gasteiger partial charge in [-0.1, -0.05) is 12.1 Å². The second-order valence-corrected chi connectivity index (χ2v) is 3.86. The normalized spacial score (nSPS) is 9.85. The predicted molar refractivity (Wildman–Crippen MR) is 71.8 cm³/mol. The largest absolute Gasteiger partial charge is 0.366 e. The zero-order valence-corrected chi connectivity index (χ0v) is 10.3. The van der Waals surface area contributed by atoms with E-state index in [1.54, 1.807) is 6.07 Å². The lowest BCUT2D eigenvalue weighted by atomic mass is 10.3. The van der Waals surface area contributed by atoms with Gasteiger partial charge in [0, 0.05) is 6.20 Å². The number of anilines is 2. The smallest absolute Gasteiger partial charge is 0.324 e. The van der Waals surface area contributed by atoms with Crippen LogP contribution in [0.2, 0.25) is 0 Å². The molecule has 0 aliphatic rings. The van der Waals surface area contributed by atoms with Gasteiger partial charge in [-0.15, -0.1) is 0 Å². The van der Waals surface area contributed by atoms with Crippen molar-refractivity contribution in [1.82, 2.24) is 4.98 Å². The summed E-state index contributed by atoms with van der Waals surface area (Å²) in [6.07, 6.45) is 1.24. The van der Waals surface area contributed by atoms with Crippen LogP contribution in [0.3, 0.4) is 0 Å². The highest BCUT2D eigenvalue weighted by Crippen LogP contribution is 2.13. The summed E-state index contributed by atoms with van der Waals surface area (Å²) in [4.78, 5) is 26.3. The van der Waals surface area contributed by atoms with E-state index in [0.29, 0.717) is 0 Å². The first-order valence-corrected chi connectivity index (χ1v) is 5.64. The number of nitrogens with zero attached hydrogens (tertiary/aromatic N) is 1. The van der Waals surface area contributed by atoms with Crippen molar-refractivity contribution in [2.75, 3.05) is 10.6 Å². The minimum absolute atomic E-state index is 0.0544. The van der Waals surface area contributed by atoms with Gasteiger partial charge < -0.3 is 11.1 Å². The Bertz CT molecular complexity index is 643. The van der Waals surface area contributed by atoms with Crippen LogP contribution in [0.5, 0.6) is 0 Å². The van der Waals surface area contributed by atoms with Gasteiger partial charge in [0.2, 0.25) is 5.91 Å². The van der Waals surface area contributed by atoms with Crippen LogP contribution in [0.1, 0.15) is 10.4 Å². The Morgan fingerprint density at radius 1 is 1.10 bits per heavy atom. The number of pyridine rings is 1. The van der Waals surface area contributed by atoms with Crippen molar-refractivity contribution < 1.29 is 14.0 Å². The number of primary amides is 1. The minimum atomic E-state index is -0.644. The third-order valence-corrected chi connectivity index (χ3v) is 2.41. The highest BCUT2D eigenvalue weighted by molar-refractivity contribution is 5.99. The number of aromatic nitrogens is 1. The molecule has 3 amide bonds. The first-order valence-electron chi connectivity index (χ1n) is 5.64. The SMILES string of the molecule is NC(=O)c1ccc(NC(=O)Nc2ccccc2F)nc1. The number of amides is 3. The lowest BCUT2D eigenvalue weighted by Gasteiger charge is -2.07. The summed E-state index contributed by atoms with van der Waals surface area (Å²) < 4.78 is 13.3. The zero-order valence-electron chi connectivity index (χ0n) is 10.3. The second kappa shape index (κ2) is 5.79. The molecular weight excluding hydrogens is 263 g/mol. The lowest BCUT2D eigenvalue weighted by molar-refractivity contribution is 0.1000. The summed E-state index contributed by atoms with van der Waals surface area (Å²) in [6, 6.07) is 7.97. The quantitative estimate of drug-likeness (QED) is 0.798. The number of rotatable bonds is 3. The number of nitrogens with one attached hydrogen (secondary N) is 2. The summed E-state index contributed by atoms with van der Waals surface area (Å²) in [6.45, 7) is 0. The van der Waals surface area contributed by atoms with E-state index in [0.717, 1.165) is 0 Å². The zero-order chi connectivity index (χ0) is 14.5. The lowest BCUT2D eigenvalue weighted by Crippen LogP contribution is -2.21. The third kappa shape index (κ3) is 3.29. The first-order chi connectivity index (χ1) is 9.56. The van der Waals surface area contributed by atoms with Crippen LogP contribution in [0.15, 0.2) is 42.6 Å². The molecule has 0 aliphatic heterocycles. The summed E-state index contributed by atoms with van der Waals surface area (Å²) in [5.74, 6) is -0.941. The van der Waals surface area contributed by atoms with Gasteiger partial charge in [0.15, 0.2) is 0 Å². The van der Waals surface area contributed by atoms with Crippen LogP contribution < -0.4 is 16.4 Å². The number of hydrogen-bond donors (Lipinski definition) is 3. The number of benzene rings is 1. The first kappa shape index (κ1) is 13.5. The van der Waals surface area contributed by atoms with Crippen LogP contribution in [-0.4, -0.2) is 16.9 Å². The Kier molecular flexibility index (Phi) is 3.90. The molecule has 7 heteroatoms. The number of carbonyl (C=O) groups is 2. The van der Waals surface area contributed by atoms with Crippen molar-refractivity contribution in [1.29, 1.82) is 0 Å². The fourth-order valence-corrected chi connectivity index (χ4v) is 1.45. The predicted octanol–water partition coefficient (Wildman–Crippen LogP) is 1.96. The molecule has 1 aromatic heterocycles. The average Bonchev–Trinajstić information content (AvgIpc) is 2.42. The topological polar surface area (TPSA) is 97.1 Å². The van der Waals surface area contributed by atoms with Crippen molar-refractivity contribution in [3.63, 3.8) is 0 Å². The maximum atomic E-state index is 13.3. The Labute approximate surface area is 113 Å². The van der Waals surface area contributed by atoms with E-state index in [9.17, 15) is 14.0 Å². The van der Waals surface area contributed by atoms with Crippen molar-refractivity contribution in [3.8, 4) is 0 Å². The molecular formula is C13H11FN4O2. The van der Waals surface area contributed by atoms with E-state index in [1.807, 2.05) is 0 Å². The van der Waals surface area contributed by atoms with Gasteiger partial charge in [-0.2, -0.15) is 0 Å². The van der Waals surface area contributed by atoms with E-state index in [2.05, 4.69) is 15.6 Å². The molecule has 1 heterocycles. The van der Waals surface area contributed by atoms with Crippen molar-refractivity contribution in [2.45, 2.75) is 0 Å². The molecule has 0 unspecified atom stereocenters. The number of halogens is 1. The highest BCUT2D eigenvalue weighted by atomic mass is 19.1. The maximum absolute atomic E-state index is 13.3. The van der Waals surface area contributed by atoms with Crippen molar-refractivity contribution in [2.24, 2.45) is 5.73 Å². The maximum Gasteiger partial charge on any atom is 0.324 e. The van der Waals surface area contributed by atoms with Crippen LogP contribution in [0, 0.1) is 5.82 Å². The van der Waals surface area contributed by atoms with Crippen LogP contribution in [-0.2, 0) is 0 Å². The van der Waals surface area contributed by atoms with Gasteiger partial charge in [-0.25, -0.2) is 14.2 Å². The molecule has 1 aromatic carbocycles. The van der Waals surface area contributed by atoms with E-state index in [4.69, 9.17) is 5.73 Å². The molecule has 2 rings (SSSR count). The monoisotopic (exact) mass is 274 g/mol. The molecule has 0 bridgehead atoms. The average molecular weight is 274 g/mol. The molecule has 102 valence electrons. The van der Waals surface area contributed by atoms with Crippen LogP contribution >= 0.6 is 0 Å². The molecule has 0 aliphatic carbocycles. The third-order valence-electron chi connectivity index (χ3n) is 2.41. The Morgan fingerprint density at radius 3 is 2.45 bits per heavy atom. The molecule has 0 saturated heterocycles. The number of nitrogens with two attached hydrogens (primary N) is 1. The molecule has 0 saturated carbocycles. The highest BCUT2D eigenvalue weighted by Gasteiger charge is 2.07. The second-order valence-electron chi connectivity index (χ2n) is 3.86. The van der Waals surface area contributed by atoms with Gasteiger partial charge in [-0.05, 0) is 24.3 Å². The van der Waals surface area contributed by atoms with Crippen LogP contribution in [0.4, 0.5) is 20.7 Å². The molecule has 2 aromatic rings. The van der Waals surface area contributed by atoms with Crippen molar-refractivity contribution in [3.05, 3.63) is 54.0 Å². The van der Waals surface area contributed by atoms with Crippen molar-refractivity contribution >= 4 is 23.4 Å². The van der Waals surface area contributed by atoms with E-state index in [1.165, 1.54) is 36.5 Å². The van der Waals surface area contributed by atoms with E-state index < -0.39 is 17.8 Å². The van der Waals surface area contributed by atoms with Gasteiger partial charge in [0.1, 0.15) is 11.6 Å². The van der Waals surface area contributed by atoms with E-state index in [-0.39, 0.29) is 17.1 Å². The fourth-order valence-electron chi connectivity index (χ4n) is 1.45. The van der Waals surface area contributed by atoms with Crippen LogP contribution in [0.25, 0.3) is 0 Å². The van der Waals surface area contributed by atoms with Gasteiger partial charge in [0.25, 0.3) is 0 Å². The molecule has 0 fully saturated rings. The van der Waals surface area contributed by atoms with E-state index >= 15 is 0 Å². The number of carbonyl (C=O) groups excluding carboxylic acids is 2. The molecule has 0 spiro atoms. The molecule has 0 atom stereocenters. The Hall–Kier alpha value is -2.96. The molecule has 6 nitrogen and oxygen atoms in total. The van der Waals surface area contributed by atoms with Gasteiger partial charge in [-0.3, -0.25) is 10.1 Å². The molecule has 0 radical (unpaired) electrons. The minimum Gasteiger partial charge on any atom is -0.366 e. The number of urea groups is 1. The summed E-state index contributed by atoms with van der Waals surface area (Å²) in [5, 5.41) is 4.74. The summed E-state index contributed by atoms with van der Waals surface area (Å²) >= 11 is 0. The summed E-state index contributed by atoms with van der Waals surface area (Å²) in [5.41, 5.74) is 5.34. The molecule has 4 N–H and O–H groups in total. The van der Waals surface area contributed by atoms with Gasteiger partial charge >= 0.3 is 6.03 Å². The number of hydrogen-bond acceptors (Lipinski definition) is 3. The summed E-state index contributed by atoms with van der Waals surface area (Å²) in [7, 11) is 0. The standard InChI is InChI=1S/C13H11FN4O2/c14-9-3-1-2-4-10(9)17-13(20)18-11-6-5-8(7-16-11)12(15)19/h1-7H,(H2,15,19)(H2,16,17,18,20).